The lowest BCUT2D eigenvalue weighted by Crippen LogP contribution is -2.41. The van der Waals surface area contributed by atoms with E-state index in [-0.39, 0.29) is 5.25 Å². The summed E-state index contributed by atoms with van der Waals surface area (Å²) >= 11 is 7.14. The SMILES string of the molecule is CC1CN(S(=O)(=O)c2ccc(F)c(CCl)c2F)CCS1. The van der Waals surface area contributed by atoms with Crippen molar-refractivity contribution >= 4 is 33.4 Å². The predicted octanol–water partition coefficient (Wildman–Crippen LogP) is 2.83. The van der Waals surface area contributed by atoms with Crippen LogP contribution in [0.3, 0.4) is 0 Å². The van der Waals surface area contributed by atoms with Crippen molar-refractivity contribution in [2.75, 3.05) is 18.8 Å². The van der Waals surface area contributed by atoms with Gasteiger partial charge in [0.25, 0.3) is 0 Å². The third kappa shape index (κ3) is 2.95. The first-order valence-corrected chi connectivity index (χ1v) is 9.05. The lowest BCUT2D eigenvalue weighted by Gasteiger charge is -2.29. The molecule has 112 valence electrons. The Labute approximate surface area is 126 Å². The Bertz CT molecular complexity index is 610. The third-order valence-electron chi connectivity index (χ3n) is 3.11. The first-order chi connectivity index (χ1) is 9.37. The second-order valence-corrected chi connectivity index (χ2v) is 8.24. The maximum atomic E-state index is 14.1. The molecule has 1 fully saturated rings. The molecule has 0 N–H and O–H groups in total. The van der Waals surface area contributed by atoms with E-state index in [1.165, 1.54) is 4.31 Å². The molecule has 0 aliphatic carbocycles. The van der Waals surface area contributed by atoms with Gasteiger partial charge in [-0.25, -0.2) is 17.2 Å². The number of rotatable bonds is 3. The second kappa shape index (κ2) is 6.17. The summed E-state index contributed by atoms with van der Waals surface area (Å²) in [5, 5.41) is 0.148. The molecule has 1 aromatic carbocycles. The van der Waals surface area contributed by atoms with E-state index < -0.39 is 38.0 Å². The first kappa shape index (κ1) is 16.0. The van der Waals surface area contributed by atoms with Gasteiger partial charge < -0.3 is 0 Å². The average molecular weight is 342 g/mol. The minimum absolute atomic E-state index is 0.148. The normalized spacial score (nSPS) is 21.1. The van der Waals surface area contributed by atoms with E-state index in [0.29, 0.717) is 18.8 Å². The zero-order chi connectivity index (χ0) is 14.9. The van der Waals surface area contributed by atoms with Crippen molar-refractivity contribution in [2.24, 2.45) is 0 Å². The van der Waals surface area contributed by atoms with Crippen LogP contribution >= 0.6 is 23.4 Å². The molecule has 0 spiro atoms. The lowest BCUT2D eigenvalue weighted by molar-refractivity contribution is 0.419. The van der Waals surface area contributed by atoms with Gasteiger partial charge in [-0.3, -0.25) is 0 Å². The molecule has 2 rings (SSSR count). The Hall–Kier alpha value is -0.370. The van der Waals surface area contributed by atoms with Crippen LogP contribution in [0.15, 0.2) is 17.0 Å². The van der Waals surface area contributed by atoms with Crippen molar-refractivity contribution < 1.29 is 17.2 Å². The molecule has 1 unspecified atom stereocenters. The van der Waals surface area contributed by atoms with E-state index in [1.807, 2.05) is 6.92 Å². The number of alkyl halides is 1. The zero-order valence-electron chi connectivity index (χ0n) is 10.8. The fourth-order valence-corrected chi connectivity index (χ4v) is 5.13. The average Bonchev–Trinajstić information content (AvgIpc) is 2.39. The highest BCUT2D eigenvalue weighted by atomic mass is 35.5. The van der Waals surface area contributed by atoms with E-state index in [2.05, 4.69) is 0 Å². The molecule has 20 heavy (non-hydrogen) atoms. The molecule has 1 aliphatic rings. The van der Waals surface area contributed by atoms with E-state index in [9.17, 15) is 17.2 Å². The van der Waals surface area contributed by atoms with Crippen LogP contribution in [-0.4, -0.2) is 36.8 Å². The Balaban J connectivity index is 2.44. The molecular weight excluding hydrogens is 328 g/mol. The van der Waals surface area contributed by atoms with Crippen molar-refractivity contribution in [3.63, 3.8) is 0 Å². The predicted molar refractivity (Wildman–Crippen MR) is 76.6 cm³/mol. The number of nitrogens with zero attached hydrogens (tertiary/aromatic N) is 1. The Morgan fingerprint density at radius 2 is 2.15 bits per heavy atom. The molecular formula is C12H14ClF2NO2S2. The molecule has 1 heterocycles. The molecule has 0 bridgehead atoms. The van der Waals surface area contributed by atoms with E-state index >= 15 is 0 Å². The number of benzene rings is 1. The summed E-state index contributed by atoms with van der Waals surface area (Å²) in [5.74, 6) is -1.68. The molecule has 1 aliphatic heterocycles. The maximum absolute atomic E-state index is 14.1. The fourth-order valence-electron chi connectivity index (χ4n) is 2.04. The first-order valence-electron chi connectivity index (χ1n) is 6.02. The zero-order valence-corrected chi connectivity index (χ0v) is 13.2. The topological polar surface area (TPSA) is 37.4 Å². The van der Waals surface area contributed by atoms with Gasteiger partial charge >= 0.3 is 0 Å². The van der Waals surface area contributed by atoms with Crippen LogP contribution < -0.4 is 0 Å². The Morgan fingerprint density at radius 1 is 1.45 bits per heavy atom. The van der Waals surface area contributed by atoms with Crippen LogP contribution in [0, 0.1) is 11.6 Å². The summed E-state index contributed by atoms with van der Waals surface area (Å²) < 4.78 is 53.7. The summed E-state index contributed by atoms with van der Waals surface area (Å²) in [7, 11) is -3.96. The van der Waals surface area contributed by atoms with Crippen molar-refractivity contribution in [3.05, 3.63) is 29.3 Å². The highest BCUT2D eigenvalue weighted by Crippen LogP contribution is 2.28. The summed E-state index contributed by atoms with van der Waals surface area (Å²) in [5.41, 5.74) is -0.410. The van der Waals surface area contributed by atoms with Crippen molar-refractivity contribution in [1.29, 1.82) is 0 Å². The molecule has 1 atom stereocenters. The van der Waals surface area contributed by atoms with Crippen LogP contribution in [0.1, 0.15) is 12.5 Å². The number of sulfonamides is 1. The molecule has 0 saturated carbocycles. The minimum atomic E-state index is -3.96. The third-order valence-corrected chi connectivity index (χ3v) is 6.39. The monoisotopic (exact) mass is 341 g/mol. The van der Waals surface area contributed by atoms with Crippen molar-refractivity contribution in [3.8, 4) is 0 Å². The molecule has 1 aromatic rings. The van der Waals surface area contributed by atoms with Gasteiger partial charge in [-0.15, -0.1) is 11.6 Å². The Kier molecular flexibility index (Phi) is 4.94. The van der Waals surface area contributed by atoms with Crippen LogP contribution in [0.4, 0.5) is 8.78 Å². The summed E-state index contributed by atoms with van der Waals surface area (Å²) in [6.45, 7) is 2.56. The van der Waals surface area contributed by atoms with Gasteiger partial charge in [-0.2, -0.15) is 16.1 Å². The van der Waals surface area contributed by atoms with Crippen molar-refractivity contribution in [2.45, 2.75) is 22.9 Å². The largest absolute Gasteiger partial charge is 0.246 e. The quantitative estimate of drug-likeness (QED) is 0.793. The summed E-state index contributed by atoms with van der Waals surface area (Å²) in [4.78, 5) is -0.506. The van der Waals surface area contributed by atoms with Gasteiger partial charge in [-0.05, 0) is 12.1 Å². The molecule has 3 nitrogen and oxygen atoms in total. The molecule has 0 amide bonds. The van der Waals surface area contributed by atoms with E-state index in [0.717, 1.165) is 12.1 Å². The van der Waals surface area contributed by atoms with E-state index in [4.69, 9.17) is 11.6 Å². The summed E-state index contributed by atoms with van der Waals surface area (Å²) in [6, 6.07) is 1.90. The van der Waals surface area contributed by atoms with Gasteiger partial charge in [0.05, 0.1) is 5.88 Å². The smallest absolute Gasteiger partial charge is 0.207 e. The standard InChI is InChI=1S/C12H14ClF2NO2S2/c1-8-7-16(4-5-19-8)20(17,18)11-3-2-10(14)9(6-13)12(11)15/h2-3,8H,4-7H2,1H3. The highest BCUT2D eigenvalue weighted by molar-refractivity contribution is 8.00. The molecule has 1 saturated heterocycles. The van der Waals surface area contributed by atoms with Gasteiger partial charge in [0.15, 0.2) is 5.82 Å². The molecule has 0 radical (unpaired) electrons. The fraction of sp³-hybridized carbons (Fsp3) is 0.500. The highest BCUT2D eigenvalue weighted by Gasteiger charge is 2.32. The molecule has 0 aromatic heterocycles. The van der Waals surface area contributed by atoms with Crippen LogP contribution in [0.5, 0.6) is 0 Å². The number of hydrogen-bond donors (Lipinski definition) is 0. The lowest BCUT2D eigenvalue weighted by atomic mass is 10.2. The van der Waals surface area contributed by atoms with Gasteiger partial charge in [0.1, 0.15) is 10.7 Å². The summed E-state index contributed by atoms with van der Waals surface area (Å²) in [6.07, 6.45) is 0. The van der Waals surface area contributed by atoms with E-state index in [1.54, 1.807) is 11.8 Å². The second-order valence-electron chi connectivity index (χ2n) is 4.52. The van der Waals surface area contributed by atoms with Crippen LogP contribution in [0.2, 0.25) is 0 Å². The Morgan fingerprint density at radius 3 is 2.75 bits per heavy atom. The number of thioether (sulfide) groups is 1. The van der Waals surface area contributed by atoms with Gasteiger partial charge in [0, 0.05) is 29.7 Å². The van der Waals surface area contributed by atoms with Crippen LogP contribution in [0.25, 0.3) is 0 Å². The molecule has 8 heteroatoms. The van der Waals surface area contributed by atoms with Crippen molar-refractivity contribution in [1.82, 2.24) is 4.31 Å². The minimum Gasteiger partial charge on any atom is -0.207 e. The number of halogens is 3. The maximum Gasteiger partial charge on any atom is 0.246 e. The van der Waals surface area contributed by atoms with Crippen LogP contribution in [-0.2, 0) is 15.9 Å². The van der Waals surface area contributed by atoms with Gasteiger partial charge in [-0.1, -0.05) is 6.92 Å². The number of hydrogen-bond acceptors (Lipinski definition) is 3. The van der Waals surface area contributed by atoms with Gasteiger partial charge in [0.2, 0.25) is 10.0 Å².